The van der Waals surface area contributed by atoms with E-state index < -0.39 is 23.8 Å². The van der Waals surface area contributed by atoms with Gasteiger partial charge in [0.1, 0.15) is 17.4 Å². The van der Waals surface area contributed by atoms with Gasteiger partial charge in [-0.2, -0.15) is 0 Å². The van der Waals surface area contributed by atoms with E-state index in [0.29, 0.717) is 17.7 Å². The highest BCUT2D eigenvalue weighted by Crippen LogP contribution is 2.19. The van der Waals surface area contributed by atoms with Crippen molar-refractivity contribution in [3.8, 4) is 5.75 Å². The maximum Gasteiger partial charge on any atom is 0.252 e. The Kier molecular flexibility index (Phi) is 8.25. The van der Waals surface area contributed by atoms with Crippen LogP contribution in [0.15, 0.2) is 84.9 Å². The summed E-state index contributed by atoms with van der Waals surface area (Å²) in [5, 5.41) is 18.8. The molecule has 3 N–H and O–H groups in total. The van der Waals surface area contributed by atoms with Crippen LogP contribution in [0, 0.1) is 11.6 Å². The van der Waals surface area contributed by atoms with Crippen LogP contribution in [-0.4, -0.2) is 36.8 Å². The van der Waals surface area contributed by atoms with E-state index in [1.165, 1.54) is 12.1 Å². The molecule has 0 saturated heterocycles. The Balaban J connectivity index is 1.51. The summed E-state index contributed by atoms with van der Waals surface area (Å²) in [5.41, 5.74) is 1.76. The number of carbonyl (C=O) groups excluding carboxylic acids is 1. The van der Waals surface area contributed by atoms with Gasteiger partial charge in [0.2, 0.25) is 0 Å². The molecule has 36 heavy (non-hydrogen) atoms. The first-order chi connectivity index (χ1) is 17.4. The third-order valence-electron chi connectivity index (χ3n) is 6.01. The van der Waals surface area contributed by atoms with Gasteiger partial charge in [-0.25, -0.2) is 8.78 Å². The molecule has 7 heteroatoms. The fraction of sp³-hybridized carbons (Fsp3) is 0.207. The van der Waals surface area contributed by atoms with E-state index in [1.54, 1.807) is 19.2 Å². The number of halogens is 2. The summed E-state index contributed by atoms with van der Waals surface area (Å²) >= 11 is 0. The zero-order valence-electron chi connectivity index (χ0n) is 19.9. The lowest BCUT2D eigenvalue weighted by atomic mass is 9.99. The summed E-state index contributed by atoms with van der Waals surface area (Å²) in [6.45, 7) is 0.613. The summed E-state index contributed by atoms with van der Waals surface area (Å²) < 4.78 is 32.9. The van der Waals surface area contributed by atoms with Gasteiger partial charge in [-0.1, -0.05) is 48.5 Å². The number of hydrogen-bond acceptors (Lipinski definition) is 4. The Morgan fingerprint density at radius 1 is 0.917 bits per heavy atom. The Bertz CT molecular complexity index is 1320. The van der Waals surface area contributed by atoms with Crippen LogP contribution in [0.5, 0.6) is 5.75 Å². The number of benzene rings is 4. The molecule has 2 unspecified atom stereocenters. The minimum Gasteiger partial charge on any atom is -0.497 e. The number of methoxy groups -OCH3 is 1. The quantitative estimate of drug-likeness (QED) is 0.304. The summed E-state index contributed by atoms with van der Waals surface area (Å²) in [5.74, 6) is -1.08. The summed E-state index contributed by atoms with van der Waals surface area (Å²) in [4.78, 5) is 13.3. The topological polar surface area (TPSA) is 70.6 Å². The van der Waals surface area contributed by atoms with Crippen LogP contribution in [-0.2, 0) is 13.0 Å². The number of amides is 1. The normalized spacial score (nSPS) is 12.8. The van der Waals surface area contributed by atoms with E-state index >= 15 is 0 Å². The summed E-state index contributed by atoms with van der Waals surface area (Å²) in [6, 6.07) is 22.9. The van der Waals surface area contributed by atoms with Crippen molar-refractivity contribution in [3.63, 3.8) is 0 Å². The van der Waals surface area contributed by atoms with Crippen molar-refractivity contribution >= 4 is 16.7 Å². The monoisotopic (exact) mass is 490 g/mol. The molecule has 0 saturated carbocycles. The first-order valence-corrected chi connectivity index (χ1v) is 11.7. The highest BCUT2D eigenvalue weighted by molar-refractivity contribution is 6.07. The first-order valence-electron chi connectivity index (χ1n) is 11.7. The van der Waals surface area contributed by atoms with E-state index in [-0.39, 0.29) is 18.9 Å². The molecule has 1 amide bonds. The molecule has 4 aromatic carbocycles. The van der Waals surface area contributed by atoms with Crippen molar-refractivity contribution in [2.45, 2.75) is 25.1 Å². The van der Waals surface area contributed by atoms with E-state index in [4.69, 9.17) is 4.74 Å². The highest BCUT2D eigenvalue weighted by atomic mass is 19.1. The second-order valence-corrected chi connectivity index (χ2v) is 8.64. The molecule has 0 radical (unpaired) electrons. The molecule has 0 heterocycles. The summed E-state index contributed by atoms with van der Waals surface area (Å²) in [7, 11) is 1.59. The number of aliphatic hydroxyl groups is 1. The lowest BCUT2D eigenvalue weighted by Gasteiger charge is -2.25. The number of hydrogen-bond donors (Lipinski definition) is 3. The van der Waals surface area contributed by atoms with Gasteiger partial charge in [0.05, 0.1) is 19.3 Å². The second kappa shape index (κ2) is 11.7. The van der Waals surface area contributed by atoms with Crippen molar-refractivity contribution in [3.05, 3.63) is 113 Å². The molecule has 0 aliphatic carbocycles. The van der Waals surface area contributed by atoms with Crippen LogP contribution in [0.3, 0.4) is 0 Å². The molecule has 0 fully saturated rings. The molecule has 0 aliphatic rings. The van der Waals surface area contributed by atoms with Crippen LogP contribution in [0.2, 0.25) is 0 Å². The smallest absolute Gasteiger partial charge is 0.252 e. The average molecular weight is 491 g/mol. The van der Waals surface area contributed by atoms with Crippen LogP contribution in [0.1, 0.15) is 21.5 Å². The van der Waals surface area contributed by atoms with Crippen LogP contribution < -0.4 is 15.4 Å². The maximum atomic E-state index is 13.8. The largest absolute Gasteiger partial charge is 0.497 e. The minimum atomic E-state index is -1.03. The highest BCUT2D eigenvalue weighted by Gasteiger charge is 2.23. The molecular weight excluding hydrogens is 462 g/mol. The lowest BCUT2D eigenvalue weighted by molar-refractivity contribution is 0.0831. The molecule has 186 valence electrons. The van der Waals surface area contributed by atoms with Gasteiger partial charge >= 0.3 is 0 Å². The van der Waals surface area contributed by atoms with E-state index in [9.17, 15) is 18.7 Å². The Hall–Kier alpha value is -3.81. The van der Waals surface area contributed by atoms with Gasteiger partial charge in [0.25, 0.3) is 5.91 Å². The van der Waals surface area contributed by atoms with E-state index in [1.807, 2.05) is 54.6 Å². The Labute approximate surface area is 208 Å². The van der Waals surface area contributed by atoms with E-state index in [0.717, 1.165) is 28.2 Å². The molecular formula is C29H28F2N2O3. The van der Waals surface area contributed by atoms with Crippen LogP contribution in [0.25, 0.3) is 10.8 Å². The molecule has 2 atom stereocenters. The van der Waals surface area contributed by atoms with Crippen molar-refractivity contribution in [2.75, 3.05) is 13.7 Å². The molecule has 0 aromatic heterocycles. The summed E-state index contributed by atoms with van der Waals surface area (Å²) in [6.07, 6.45) is -0.978. The number of rotatable bonds is 10. The SMILES string of the molecule is COc1cccc(CNCC(O)C(Cc2cc(F)cc(F)c2)NC(=O)c2cccc3ccccc23)c1. The van der Waals surface area contributed by atoms with Gasteiger partial charge in [0, 0.05) is 24.7 Å². The number of nitrogens with one attached hydrogen (secondary N) is 2. The number of aliphatic hydroxyl groups excluding tert-OH is 1. The van der Waals surface area contributed by atoms with Crippen molar-refractivity contribution in [1.29, 1.82) is 0 Å². The zero-order valence-corrected chi connectivity index (χ0v) is 19.9. The van der Waals surface area contributed by atoms with Crippen molar-refractivity contribution < 1.29 is 23.4 Å². The molecule has 4 rings (SSSR count). The van der Waals surface area contributed by atoms with Gasteiger partial charge in [-0.3, -0.25) is 4.79 Å². The number of carbonyl (C=O) groups is 1. The number of ether oxygens (including phenoxy) is 1. The zero-order chi connectivity index (χ0) is 25.5. The minimum absolute atomic E-state index is 0.0488. The van der Waals surface area contributed by atoms with Crippen molar-refractivity contribution in [2.24, 2.45) is 0 Å². The predicted molar refractivity (Wildman–Crippen MR) is 136 cm³/mol. The second-order valence-electron chi connectivity index (χ2n) is 8.64. The Morgan fingerprint density at radius 3 is 2.42 bits per heavy atom. The van der Waals surface area contributed by atoms with Crippen LogP contribution >= 0.6 is 0 Å². The third kappa shape index (κ3) is 6.44. The fourth-order valence-electron chi connectivity index (χ4n) is 4.22. The lowest BCUT2D eigenvalue weighted by Crippen LogP contribution is -2.48. The van der Waals surface area contributed by atoms with Gasteiger partial charge in [-0.05, 0) is 58.7 Å². The predicted octanol–water partition coefficient (Wildman–Crippen LogP) is 4.62. The molecule has 4 aromatic rings. The molecule has 5 nitrogen and oxygen atoms in total. The Morgan fingerprint density at radius 2 is 1.64 bits per heavy atom. The first kappa shape index (κ1) is 25.3. The van der Waals surface area contributed by atoms with Crippen LogP contribution in [0.4, 0.5) is 8.78 Å². The average Bonchev–Trinajstić information content (AvgIpc) is 2.87. The maximum absolute atomic E-state index is 13.8. The van der Waals surface area contributed by atoms with Gasteiger partial charge in [0.15, 0.2) is 0 Å². The number of fused-ring (bicyclic) bond motifs is 1. The standard InChI is InChI=1S/C29H28F2N2O3/c1-36-24-9-4-6-19(14-24)17-32-18-28(34)27(15-20-12-22(30)16-23(31)13-20)33-29(35)26-11-5-8-21-7-2-3-10-25(21)26/h2-14,16,27-28,32,34H,15,17-18H2,1H3,(H,33,35). The van der Waals surface area contributed by atoms with Crippen molar-refractivity contribution in [1.82, 2.24) is 10.6 Å². The van der Waals surface area contributed by atoms with Gasteiger partial charge in [-0.15, -0.1) is 0 Å². The molecule has 0 aliphatic heterocycles. The fourth-order valence-corrected chi connectivity index (χ4v) is 4.22. The molecule has 0 spiro atoms. The van der Waals surface area contributed by atoms with Gasteiger partial charge < -0.3 is 20.5 Å². The molecule has 0 bridgehead atoms. The third-order valence-corrected chi connectivity index (χ3v) is 6.01. The van der Waals surface area contributed by atoms with E-state index in [2.05, 4.69) is 10.6 Å².